The van der Waals surface area contributed by atoms with E-state index >= 15 is 0 Å². The van der Waals surface area contributed by atoms with E-state index in [2.05, 4.69) is 337 Å². The van der Waals surface area contributed by atoms with E-state index in [1.165, 1.54) is 195 Å². The topological polar surface area (TPSA) is 0 Å². The van der Waals surface area contributed by atoms with Crippen molar-refractivity contribution >= 4 is 0 Å². The van der Waals surface area contributed by atoms with Crippen LogP contribution in [0.25, 0.3) is 111 Å². The number of benzene rings is 13. The Labute approximate surface area is 555 Å². The van der Waals surface area contributed by atoms with Crippen LogP contribution in [-0.4, -0.2) is 0 Å². The standard InChI is InChI=1S/C94H76/c1-55-47-56(2)84(57(3)48-55)73-36-26-46-83-89(73)72-31-16-21-41-78(72)94(83,62-51-58(64-32-22-42-79-85(64)68-27-12-17-37-74(68)90(79,4)5)49-59(52-62)65-33-23-43-80-86(65)69-28-13-18-38-75(69)91(80,6)7)63-53-60(66-34-24-44-81-87(66)70-29-14-19-39-76(70)92(81,8)9)50-61(54-63)67-35-25-45-82-88(67)71-30-15-20-40-77(71)93(82,10)11/h12-54H,1-11H3. The molecule has 0 nitrogen and oxygen atoms in total. The average Bonchev–Trinajstić information content (AvgIpc) is 1.49. The number of aryl methyl sites for hydroxylation is 3. The second-order valence-corrected chi connectivity index (χ2v) is 30.0. The zero-order chi connectivity index (χ0) is 64.1. The molecule has 0 spiro atoms. The summed E-state index contributed by atoms with van der Waals surface area (Å²) in [5, 5.41) is 0. The summed E-state index contributed by atoms with van der Waals surface area (Å²) in [7, 11) is 0. The Morgan fingerprint density at radius 3 is 0.745 bits per heavy atom. The number of rotatable bonds is 7. The number of fused-ring (bicyclic) bond motifs is 15. The molecular formula is C94H76. The fourth-order valence-corrected chi connectivity index (χ4v) is 19.2. The van der Waals surface area contributed by atoms with Gasteiger partial charge < -0.3 is 0 Å². The Balaban J connectivity index is 1.03. The first-order valence-corrected chi connectivity index (χ1v) is 34.0. The molecule has 13 aromatic rings. The van der Waals surface area contributed by atoms with E-state index in [4.69, 9.17) is 0 Å². The van der Waals surface area contributed by atoms with E-state index in [9.17, 15) is 0 Å². The van der Waals surface area contributed by atoms with Crippen LogP contribution in [0.4, 0.5) is 0 Å². The summed E-state index contributed by atoms with van der Waals surface area (Å²) in [6.07, 6.45) is 0. The first-order valence-electron chi connectivity index (χ1n) is 34.0. The van der Waals surface area contributed by atoms with E-state index in [1.807, 2.05) is 0 Å². The summed E-state index contributed by atoms with van der Waals surface area (Å²) in [4.78, 5) is 0. The molecular weight excluding hydrogens is 1130 g/mol. The van der Waals surface area contributed by atoms with Crippen molar-refractivity contribution in [2.75, 3.05) is 0 Å². The molecule has 0 heteroatoms. The minimum absolute atomic E-state index is 0.192. The molecule has 0 heterocycles. The lowest BCUT2D eigenvalue weighted by molar-refractivity contribution is 0.660. The van der Waals surface area contributed by atoms with Crippen molar-refractivity contribution in [1.29, 1.82) is 0 Å². The lowest BCUT2D eigenvalue weighted by atomic mass is 9.65. The highest BCUT2D eigenvalue weighted by Gasteiger charge is 2.50. The molecule has 0 N–H and O–H groups in total. The van der Waals surface area contributed by atoms with Crippen molar-refractivity contribution in [2.24, 2.45) is 0 Å². The number of hydrogen-bond donors (Lipinski definition) is 0. The molecule has 0 saturated carbocycles. The molecule has 0 atom stereocenters. The molecule has 0 radical (unpaired) electrons. The molecule has 94 heavy (non-hydrogen) atoms. The molecule has 452 valence electrons. The van der Waals surface area contributed by atoms with Crippen molar-refractivity contribution in [3.8, 4) is 111 Å². The highest BCUT2D eigenvalue weighted by Crippen LogP contribution is 2.63. The molecule has 18 rings (SSSR count). The van der Waals surface area contributed by atoms with Gasteiger partial charge in [-0.15, -0.1) is 0 Å². The molecule has 0 aliphatic heterocycles. The normalized spacial score (nSPS) is 15.8. The zero-order valence-corrected chi connectivity index (χ0v) is 55.8. The summed E-state index contributed by atoms with van der Waals surface area (Å²) in [5.41, 5.74) is 43.8. The Hall–Kier alpha value is -10.1. The second-order valence-electron chi connectivity index (χ2n) is 30.0. The van der Waals surface area contributed by atoms with Crippen molar-refractivity contribution in [3.05, 3.63) is 344 Å². The molecule has 0 amide bonds. The molecule has 5 aliphatic rings. The predicted molar refractivity (Wildman–Crippen MR) is 395 cm³/mol. The van der Waals surface area contributed by atoms with Gasteiger partial charge in [-0.2, -0.15) is 0 Å². The van der Waals surface area contributed by atoms with Gasteiger partial charge in [0, 0.05) is 21.7 Å². The second kappa shape index (κ2) is 19.7. The van der Waals surface area contributed by atoms with Gasteiger partial charge >= 0.3 is 0 Å². The summed E-state index contributed by atoms with van der Waals surface area (Å²) < 4.78 is 0. The van der Waals surface area contributed by atoms with Gasteiger partial charge in [0.25, 0.3) is 0 Å². The van der Waals surface area contributed by atoms with Gasteiger partial charge in [0.1, 0.15) is 0 Å². The molecule has 0 aromatic heterocycles. The maximum Gasteiger partial charge on any atom is 0.0714 e. The third-order valence-corrected chi connectivity index (χ3v) is 23.4. The molecule has 0 fully saturated rings. The van der Waals surface area contributed by atoms with E-state index in [0.717, 1.165) is 0 Å². The smallest absolute Gasteiger partial charge is 0.0619 e. The fourth-order valence-electron chi connectivity index (χ4n) is 19.2. The van der Waals surface area contributed by atoms with Crippen LogP contribution in [0.2, 0.25) is 0 Å². The van der Waals surface area contributed by atoms with E-state index in [-0.39, 0.29) is 21.7 Å². The van der Waals surface area contributed by atoms with Crippen molar-refractivity contribution in [3.63, 3.8) is 0 Å². The molecule has 0 saturated heterocycles. The quantitative estimate of drug-likeness (QED) is 0.149. The van der Waals surface area contributed by atoms with Gasteiger partial charge in [0.2, 0.25) is 0 Å². The third-order valence-electron chi connectivity index (χ3n) is 23.4. The van der Waals surface area contributed by atoms with Crippen LogP contribution < -0.4 is 0 Å². The van der Waals surface area contributed by atoms with Gasteiger partial charge in [-0.25, -0.2) is 0 Å². The van der Waals surface area contributed by atoms with E-state index < -0.39 is 5.41 Å². The van der Waals surface area contributed by atoms with Crippen LogP contribution in [0.3, 0.4) is 0 Å². The average molecular weight is 1210 g/mol. The highest BCUT2D eigenvalue weighted by atomic mass is 14.5. The fraction of sp³-hybridized carbons (Fsp3) is 0.170. The first-order chi connectivity index (χ1) is 45.4. The Morgan fingerprint density at radius 1 is 0.191 bits per heavy atom. The van der Waals surface area contributed by atoms with E-state index in [0.29, 0.717) is 0 Å². The molecule has 0 bridgehead atoms. The Morgan fingerprint density at radius 2 is 0.426 bits per heavy atom. The summed E-state index contributed by atoms with van der Waals surface area (Å²) in [5.74, 6) is 0. The van der Waals surface area contributed by atoms with Gasteiger partial charge in [-0.1, -0.05) is 285 Å². The van der Waals surface area contributed by atoms with Crippen LogP contribution in [0, 0.1) is 20.8 Å². The van der Waals surface area contributed by atoms with Crippen LogP contribution >= 0.6 is 0 Å². The van der Waals surface area contributed by atoms with Gasteiger partial charge in [0.15, 0.2) is 0 Å². The van der Waals surface area contributed by atoms with Crippen molar-refractivity contribution in [1.82, 2.24) is 0 Å². The van der Waals surface area contributed by atoms with Crippen LogP contribution in [0.1, 0.15) is 139 Å². The Kier molecular flexibility index (Phi) is 11.9. The molecule has 5 aliphatic carbocycles. The Bertz CT molecular complexity index is 4930. The first kappa shape index (κ1) is 56.6. The van der Waals surface area contributed by atoms with Crippen molar-refractivity contribution in [2.45, 2.75) is 103 Å². The minimum atomic E-state index is -0.890. The van der Waals surface area contributed by atoms with Crippen LogP contribution in [-0.2, 0) is 27.1 Å². The third kappa shape index (κ3) is 7.52. The maximum absolute atomic E-state index is 2.64. The van der Waals surface area contributed by atoms with E-state index in [1.54, 1.807) is 0 Å². The van der Waals surface area contributed by atoms with Crippen LogP contribution in [0.15, 0.2) is 261 Å². The maximum atomic E-state index is 2.64. The minimum Gasteiger partial charge on any atom is -0.0619 e. The predicted octanol–water partition coefficient (Wildman–Crippen LogP) is 24.5. The van der Waals surface area contributed by atoms with Gasteiger partial charge in [-0.05, 0) is 246 Å². The molecule has 13 aromatic carbocycles. The SMILES string of the molecule is Cc1cc(C)c(-c2cccc3c2-c2ccccc2C3(c2cc(-c3cccc4c3-c3ccccc3C4(C)C)cc(-c3cccc4c3-c3ccccc3C4(C)C)c2)c2cc(-c3cccc4c3-c3ccccc3C4(C)C)cc(-c3cccc4c3-c3ccccc3C4(C)C)c2)c(C)c1. The summed E-state index contributed by atoms with van der Waals surface area (Å²) >= 11 is 0. The largest absolute Gasteiger partial charge is 0.0714 e. The monoisotopic (exact) mass is 1200 g/mol. The summed E-state index contributed by atoms with van der Waals surface area (Å²) in [6, 6.07) is 103. The lowest BCUT2D eigenvalue weighted by Gasteiger charge is -2.36. The van der Waals surface area contributed by atoms with Crippen LogP contribution in [0.5, 0.6) is 0 Å². The summed E-state index contributed by atoms with van der Waals surface area (Å²) in [6.45, 7) is 26.2. The van der Waals surface area contributed by atoms with Crippen molar-refractivity contribution < 1.29 is 0 Å². The number of hydrogen-bond acceptors (Lipinski definition) is 0. The lowest BCUT2D eigenvalue weighted by Crippen LogP contribution is -2.29. The zero-order valence-electron chi connectivity index (χ0n) is 55.8. The highest BCUT2D eigenvalue weighted by molar-refractivity contribution is 6.03. The molecule has 0 unspecified atom stereocenters. The van der Waals surface area contributed by atoms with Gasteiger partial charge in [-0.3, -0.25) is 0 Å². The van der Waals surface area contributed by atoms with Gasteiger partial charge in [0.05, 0.1) is 5.41 Å².